The van der Waals surface area contributed by atoms with Crippen molar-refractivity contribution in [2.45, 2.75) is 62.1 Å². The van der Waals surface area contributed by atoms with E-state index in [1.807, 2.05) is 0 Å². The molecule has 20 heavy (non-hydrogen) atoms. The minimum absolute atomic E-state index is 0.164. The minimum atomic E-state index is 0.164. The van der Waals surface area contributed by atoms with Gasteiger partial charge in [0.2, 0.25) is 0 Å². The fourth-order valence-corrected chi connectivity index (χ4v) is 6.12. The molecular weight excluding hydrogens is 268 g/mol. The van der Waals surface area contributed by atoms with E-state index in [2.05, 4.69) is 30.8 Å². The fraction of sp³-hybridized carbons (Fsp3) is 1.00. The van der Waals surface area contributed by atoms with E-state index >= 15 is 0 Å². The number of rotatable bonds is 3. The van der Waals surface area contributed by atoms with E-state index < -0.39 is 0 Å². The Balaban J connectivity index is 1.74. The second-order valence-electron chi connectivity index (χ2n) is 7.32. The molecule has 0 aromatic carbocycles. The number of nitrogens with two attached hydrogens (primary N) is 1. The van der Waals surface area contributed by atoms with Crippen molar-refractivity contribution in [1.29, 1.82) is 0 Å². The lowest BCUT2D eigenvalue weighted by atomic mass is 9.73. The van der Waals surface area contributed by atoms with Crippen molar-refractivity contribution in [2.75, 3.05) is 32.2 Å². The highest BCUT2D eigenvalue weighted by Crippen LogP contribution is 2.45. The molecule has 1 saturated carbocycles. The molecule has 3 nitrogen and oxygen atoms in total. The summed E-state index contributed by atoms with van der Waals surface area (Å²) < 4.78 is 6.17. The lowest BCUT2D eigenvalue weighted by Crippen LogP contribution is -2.60. The molecule has 1 aliphatic carbocycles. The van der Waals surface area contributed by atoms with Crippen LogP contribution in [-0.4, -0.2) is 54.3 Å². The lowest BCUT2D eigenvalue weighted by molar-refractivity contribution is -0.0921. The summed E-state index contributed by atoms with van der Waals surface area (Å²) in [6, 6.07) is 0.311. The van der Waals surface area contributed by atoms with Crippen molar-refractivity contribution in [3.05, 3.63) is 0 Å². The van der Waals surface area contributed by atoms with E-state index in [4.69, 9.17) is 10.5 Å². The van der Waals surface area contributed by atoms with Crippen LogP contribution < -0.4 is 5.73 Å². The monoisotopic (exact) mass is 298 g/mol. The van der Waals surface area contributed by atoms with Crippen LogP contribution in [0.25, 0.3) is 0 Å². The number of thioether (sulfide) groups is 1. The summed E-state index contributed by atoms with van der Waals surface area (Å²) in [5, 5.41) is 0. The van der Waals surface area contributed by atoms with E-state index in [1.54, 1.807) is 0 Å². The summed E-state index contributed by atoms with van der Waals surface area (Å²) in [7, 11) is 4.46. The van der Waals surface area contributed by atoms with Crippen LogP contribution in [0.15, 0.2) is 0 Å². The quantitative estimate of drug-likeness (QED) is 0.869. The number of hydrogen-bond donors (Lipinski definition) is 1. The molecule has 2 N–H and O–H groups in total. The van der Waals surface area contributed by atoms with Crippen LogP contribution in [0.1, 0.15) is 44.9 Å². The SMILES string of the molecule is CN(C)C1(C(N)C2CCOC3(CCSC3)C2)CCCC1. The van der Waals surface area contributed by atoms with Gasteiger partial charge in [-0.25, -0.2) is 0 Å². The van der Waals surface area contributed by atoms with Crippen molar-refractivity contribution in [2.24, 2.45) is 11.7 Å². The normalized spacial score (nSPS) is 38.7. The second-order valence-corrected chi connectivity index (χ2v) is 8.42. The zero-order chi connectivity index (χ0) is 14.2. The number of likely N-dealkylation sites (N-methyl/N-ethyl adjacent to an activating group) is 1. The molecule has 3 aliphatic rings. The standard InChI is InChI=1S/C16H30N2OS/c1-18(2)16(6-3-4-7-16)14(17)13-5-9-19-15(11-13)8-10-20-12-15/h13-14H,3-12,17H2,1-2H3. The molecule has 3 atom stereocenters. The second kappa shape index (κ2) is 5.79. The molecular formula is C16H30N2OS. The van der Waals surface area contributed by atoms with Crippen LogP contribution in [0, 0.1) is 5.92 Å². The first-order valence-electron chi connectivity index (χ1n) is 8.23. The van der Waals surface area contributed by atoms with Crippen molar-refractivity contribution in [1.82, 2.24) is 4.90 Å². The molecule has 0 bridgehead atoms. The van der Waals surface area contributed by atoms with Crippen molar-refractivity contribution in [3.8, 4) is 0 Å². The van der Waals surface area contributed by atoms with Gasteiger partial charge in [-0.3, -0.25) is 0 Å². The maximum atomic E-state index is 6.84. The van der Waals surface area contributed by atoms with Gasteiger partial charge in [0, 0.05) is 23.9 Å². The van der Waals surface area contributed by atoms with E-state index in [-0.39, 0.29) is 11.1 Å². The molecule has 2 heterocycles. The first-order valence-corrected chi connectivity index (χ1v) is 9.38. The van der Waals surface area contributed by atoms with Crippen molar-refractivity contribution in [3.63, 3.8) is 0 Å². The lowest BCUT2D eigenvalue weighted by Gasteiger charge is -2.48. The van der Waals surface area contributed by atoms with Gasteiger partial charge in [-0.05, 0) is 57.9 Å². The summed E-state index contributed by atoms with van der Waals surface area (Å²) in [4.78, 5) is 2.43. The molecule has 3 unspecified atom stereocenters. The molecule has 116 valence electrons. The van der Waals surface area contributed by atoms with Gasteiger partial charge >= 0.3 is 0 Å². The minimum Gasteiger partial charge on any atom is -0.374 e. The van der Waals surface area contributed by atoms with Gasteiger partial charge in [0.05, 0.1) is 5.60 Å². The smallest absolute Gasteiger partial charge is 0.0783 e. The molecule has 0 amide bonds. The van der Waals surface area contributed by atoms with E-state index in [9.17, 15) is 0 Å². The third kappa shape index (κ3) is 2.53. The largest absolute Gasteiger partial charge is 0.374 e. The van der Waals surface area contributed by atoms with Gasteiger partial charge in [-0.15, -0.1) is 0 Å². The molecule has 3 fully saturated rings. The highest BCUT2D eigenvalue weighted by atomic mass is 32.2. The Labute approximate surface area is 128 Å². The molecule has 2 aliphatic heterocycles. The van der Waals surface area contributed by atoms with Crippen LogP contribution in [0.5, 0.6) is 0 Å². The molecule has 3 rings (SSSR count). The van der Waals surface area contributed by atoms with Gasteiger partial charge in [0.1, 0.15) is 0 Å². The van der Waals surface area contributed by atoms with Gasteiger partial charge in [0.15, 0.2) is 0 Å². The van der Waals surface area contributed by atoms with Crippen LogP contribution in [0.3, 0.4) is 0 Å². The summed E-state index contributed by atoms with van der Waals surface area (Å²) >= 11 is 2.05. The number of hydrogen-bond acceptors (Lipinski definition) is 4. The Hall–Kier alpha value is 0.230. The zero-order valence-corrected chi connectivity index (χ0v) is 13.9. The molecule has 2 saturated heterocycles. The van der Waals surface area contributed by atoms with Gasteiger partial charge in [-0.1, -0.05) is 12.8 Å². The first kappa shape index (κ1) is 15.1. The van der Waals surface area contributed by atoms with Crippen LogP contribution in [-0.2, 0) is 4.74 Å². The molecule has 4 heteroatoms. The van der Waals surface area contributed by atoms with Gasteiger partial charge in [-0.2, -0.15) is 11.8 Å². The van der Waals surface area contributed by atoms with Crippen LogP contribution >= 0.6 is 11.8 Å². The topological polar surface area (TPSA) is 38.5 Å². The van der Waals surface area contributed by atoms with Crippen molar-refractivity contribution < 1.29 is 4.74 Å². The van der Waals surface area contributed by atoms with Crippen molar-refractivity contribution >= 4 is 11.8 Å². The summed E-state index contributed by atoms with van der Waals surface area (Å²) in [5.41, 5.74) is 7.25. The van der Waals surface area contributed by atoms with Gasteiger partial charge in [0.25, 0.3) is 0 Å². The Morgan fingerprint density at radius 2 is 2.00 bits per heavy atom. The van der Waals surface area contributed by atoms with Crippen LogP contribution in [0.4, 0.5) is 0 Å². The fourth-order valence-electron chi connectivity index (χ4n) is 4.74. The maximum Gasteiger partial charge on any atom is 0.0783 e. The number of ether oxygens (including phenoxy) is 1. The third-order valence-electron chi connectivity index (χ3n) is 6.09. The third-order valence-corrected chi connectivity index (χ3v) is 7.31. The Kier molecular flexibility index (Phi) is 4.38. The predicted octanol–water partition coefficient (Wildman–Crippen LogP) is 2.49. The first-order chi connectivity index (χ1) is 9.58. The Morgan fingerprint density at radius 1 is 1.25 bits per heavy atom. The maximum absolute atomic E-state index is 6.84. The molecule has 0 aromatic heterocycles. The summed E-state index contributed by atoms with van der Waals surface area (Å²) in [6.45, 7) is 0.919. The van der Waals surface area contributed by atoms with Gasteiger partial charge < -0.3 is 15.4 Å². The molecule has 0 radical (unpaired) electrons. The highest BCUT2D eigenvalue weighted by molar-refractivity contribution is 7.99. The Morgan fingerprint density at radius 3 is 2.60 bits per heavy atom. The highest BCUT2D eigenvalue weighted by Gasteiger charge is 2.49. The van der Waals surface area contributed by atoms with Crippen LogP contribution in [0.2, 0.25) is 0 Å². The zero-order valence-electron chi connectivity index (χ0n) is 13.1. The summed E-state index contributed by atoms with van der Waals surface area (Å²) in [5.74, 6) is 3.09. The predicted molar refractivity (Wildman–Crippen MR) is 86.2 cm³/mol. The molecule has 0 aromatic rings. The summed E-state index contributed by atoms with van der Waals surface area (Å²) in [6.07, 6.45) is 8.82. The number of nitrogens with zero attached hydrogens (tertiary/aromatic N) is 1. The average Bonchev–Trinajstić information content (AvgIpc) is 3.08. The average molecular weight is 298 g/mol. The van der Waals surface area contributed by atoms with E-state index in [1.165, 1.54) is 50.0 Å². The Bertz CT molecular complexity index is 335. The van der Waals surface area contributed by atoms with E-state index in [0.717, 1.165) is 13.0 Å². The molecule has 1 spiro atoms. The van der Waals surface area contributed by atoms with E-state index in [0.29, 0.717) is 12.0 Å².